The molecule has 1 saturated heterocycles. The predicted octanol–water partition coefficient (Wildman–Crippen LogP) is 2.81. The van der Waals surface area contributed by atoms with E-state index in [-0.39, 0.29) is 18.2 Å². The second-order valence-electron chi connectivity index (χ2n) is 10.7. The van der Waals surface area contributed by atoms with E-state index in [9.17, 15) is 14.4 Å². The number of hydroxylamine groups is 1. The van der Waals surface area contributed by atoms with Crippen molar-refractivity contribution in [3.63, 3.8) is 0 Å². The van der Waals surface area contributed by atoms with Crippen molar-refractivity contribution in [2.45, 2.75) is 76.7 Å². The summed E-state index contributed by atoms with van der Waals surface area (Å²) in [7, 11) is 0. The van der Waals surface area contributed by atoms with Crippen molar-refractivity contribution in [3.05, 3.63) is 35.9 Å². The Morgan fingerprint density at radius 2 is 1.74 bits per heavy atom. The van der Waals surface area contributed by atoms with Crippen LogP contribution in [0.3, 0.4) is 0 Å². The minimum atomic E-state index is -0.622. The number of nitrogens with zero attached hydrogens (tertiary/aromatic N) is 1. The first kappa shape index (κ1) is 30.1. The van der Waals surface area contributed by atoms with E-state index in [4.69, 9.17) is 9.94 Å². The normalized spacial score (nSPS) is 18.3. The van der Waals surface area contributed by atoms with Gasteiger partial charge in [0.1, 0.15) is 6.04 Å². The van der Waals surface area contributed by atoms with E-state index in [1.54, 1.807) is 5.48 Å². The fourth-order valence-corrected chi connectivity index (χ4v) is 5.53. The van der Waals surface area contributed by atoms with Gasteiger partial charge in [0.25, 0.3) is 0 Å². The summed E-state index contributed by atoms with van der Waals surface area (Å²) in [6.07, 6.45) is 9.03. The minimum Gasteiger partial charge on any atom is -0.379 e. The van der Waals surface area contributed by atoms with Crippen molar-refractivity contribution >= 4 is 17.7 Å². The van der Waals surface area contributed by atoms with Gasteiger partial charge in [-0.05, 0) is 50.1 Å². The highest BCUT2D eigenvalue weighted by molar-refractivity contribution is 5.90. The highest BCUT2D eigenvalue weighted by Gasteiger charge is 2.29. The molecule has 1 saturated carbocycles. The Balaban J connectivity index is 1.56. The molecule has 212 valence electrons. The van der Waals surface area contributed by atoms with E-state index in [0.29, 0.717) is 25.3 Å². The van der Waals surface area contributed by atoms with Crippen LogP contribution < -0.4 is 16.1 Å². The molecule has 1 aliphatic carbocycles. The third-order valence-electron chi connectivity index (χ3n) is 7.77. The van der Waals surface area contributed by atoms with E-state index in [0.717, 1.165) is 77.8 Å². The van der Waals surface area contributed by atoms with Crippen LogP contribution in [0, 0.1) is 11.8 Å². The molecule has 1 aromatic carbocycles. The number of hydrogen-bond donors (Lipinski definition) is 4. The quantitative estimate of drug-likeness (QED) is 0.157. The fraction of sp³-hybridized carbons (Fsp3) is 0.690. The zero-order valence-corrected chi connectivity index (χ0v) is 22.7. The molecule has 2 fully saturated rings. The molecule has 9 heteroatoms. The standard InChI is InChI=1S/C29H46N4O5/c34-27(32-37)22-25(14-7-13-23-9-3-1-4-10-23)28(35)31-26(21-24-11-5-2-6-12-24)29(36)30-15-8-16-33-17-19-38-20-18-33/h1,3-4,9-10,24-26,37H,2,5-8,11-22H2,(H,30,36)(H,31,35)(H,32,34)/t25-,26+/m1/s1. The summed E-state index contributed by atoms with van der Waals surface area (Å²) in [6, 6.07) is 9.38. The van der Waals surface area contributed by atoms with Gasteiger partial charge in [-0.2, -0.15) is 0 Å². The van der Waals surface area contributed by atoms with Crippen molar-refractivity contribution in [3.8, 4) is 0 Å². The van der Waals surface area contributed by atoms with Gasteiger partial charge in [0, 0.05) is 32.0 Å². The topological polar surface area (TPSA) is 120 Å². The molecule has 0 bridgehead atoms. The van der Waals surface area contributed by atoms with Gasteiger partial charge in [-0.3, -0.25) is 24.5 Å². The van der Waals surface area contributed by atoms with Crippen LogP contribution >= 0.6 is 0 Å². The Labute approximate surface area is 227 Å². The molecule has 3 rings (SSSR count). The molecule has 1 heterocycles. The molecule has 1 aliphatic heterocycles. The maximum absolute atomic E-state index is 13.4. The number of nitrogens with one attached hydrogen (secondary N) is 3. The Bertz CT molecular complexity index is 841. The summed E-state index contributed by atoms with van der Waals surface area (Å²) in [4.78, 5) is 40.9. The van der Waals surface area contributed by atoms with Crippen molar-refractivity contribution in [1.29, 1.82) is 0 Å². The Hall–Kier alpha value is -2.49. The molecular weight excluding hydrogens is 484 g/mol. The summed E-state index contributed by atoms with van der Waals surface area (Å²) in [5, 5.41) is 15.1. The van der Waals surface area contributed by atoms with E-state index in [2.05, 4.69) is 15.5 Å². The highest BCUT2D eigenvalue weighted by Crippen LogP contribution is 2.27. The number of aryl methyl sites for hydroxylation is 1. The summed E-state index contributed by atoms with van der Waals surface area (Å²) < 4.78 is 5.39. The average Bonchev–Trinajstić information content (AvgIpc) is 2.95. The molecule has 38 heavy (non-hydrogen) atoms. The zero-order chi connectivity index (χ0) is 27.0. The minimum absolute atomic E-state index is 0.117. The number of benzene rings is 1. The second-order valence-corrected chi connectivity index (χ2v) is 10.7. The molecule has 3 amide bonds. The largest absolute Gasteiger partial charge is 0.379 e. The molecular formula is C29H46N4O5. The zero-order valence-electron chi connectivity index (χ0n) is 22.7. The first-order valence-electron chi connectivity index (χ1n) is 14.4. The van der Waals surface area contributed by atoms with Gasteiger partial charge in [-0.1, -0.05) is 62.4 Å². The van der Waals surface area contributed by atoms with Crippen LogP contribution in [0.2, 0.25) is 0 Å². The van der Waals surface area contributed by atoms with Gasteiger partial charge in [0.05, 0.1) is 13.2 Å². The van der Waals surface area contributed by atoms with Crippen LogP contribution in [0.5, 0.6) is 0 Å². The molecule has 0 unspecified atom stereocenters. The summed E-state index contributed by atoms with van der Waals surface area (Å²) >= 11 is 0. The number of ether oxygens (including phenoxy) is 1. The molecule has 0 spiro atoms. The van der Waals surface area contributed by atoms with Crippen molar-refractivity contribution < 1.29 is 24.3 Å². The maximum Gasteiger partial charge on any atom is 0.244 e. The summed E-state index contributed by atoms with van der Waals surface area (Å²) in [5.74, 6) is -1.26. The SMILES string of the molecule is O=C(C[C@@H](CCCc1ccccc1)C(=O)N[C@@H](CC1CCCCC1)C(=O)NCCCN1CCOCC1)NO. The molecule has 4 N–H and O–H groups in total. The van der Waals surface area contributed by atoms with Gasteiger partial charge in [0.15, 0.2) is 0 Å². The van der Waals surface area contributed by atoms with Gasteiger partial charge in [-0.25, -0.2) is 5.48 Å². The lowest BCUT2D eigenvalue weighted by molar-refractivity contribution is -0.136. The van der Waals surface area contributed by atoms with Crippen molar-refractivity contribution in [1.82, 2.24) is 21.0 Å². The lowest BCUT2D eigenvalue weighted by atomic mass is 9.84. The molecule has 2 aliphatic rings. The number of rotatable bonds is 15. The van der Waals surface area contributed by atoms with Crippen molar-refractivity contribution in [2.24, 2.45) is 11.8 Å². The summed E-state index contributed by atoms with van der Waals surface area (Å²) in [5.41, 5.74) is 2.82. The summed E-state index contributed by atoms with van der Waals surface area (Å²) in [6.45, 7) is 4.80. The second kappa shape index (κ2) is 17.2. The molecule has 0 aromatic heterocycles. The van der Waals surface area contributed by atoms with E-state index < -0.39 is 17.9 Å². The van der Waals surface area contributed by atoms with E-state index in [1.165, 1.54) is 12.0 Å². The highest BCUT2D eigenvalue weighted by atomic mass is 16.5. The van der Waals surface area contributed by atoms with Gasteiger partial charge >= 0.3 is 0 Å². The number of hydrogen-bond acceptors (Lipinski definition) is 6. The Morgan fingerprint density at radius 3 is 2.45 bits per heavy atom. The number of carbonyl (C=O) groups excluding carboxylic acids is 3. The third-order valence-corrected chi connectivity index (χ3v) is 7.77. The number of carbonyl (C=O) groups is 3. The third kappa shape index (κ3) is 11.1. The van der Waals surface area contributed by atoms with Crippen LogP contribution in [0.15, 0.2) is 30.3 Å². The van der Waals surface area contributed by atoms with Gasteiger partial charge < -0.3 is 15.4 Å². The number of morpholine rings is 1. The van der Waals surface area contributed by atoms with Crippen LogP contribution in [0.1, 0.15) is 69.8 Å². The van der Waals surface area contributed by atoms with Crippen LogP contribution in [0.25, 0.3) is 0 Å². The fourth-order valence-electron chi connectivity index (χ4n) is 5.53. The van der Waals surface area contributed by atoms with Crippen LogP contribution in [0.4, 0.5) is 0 Å². The molecule has 0 radical (unpaired) electrons. The van der Waals surface area contributed by atoms with Crippen LogP contribution in [-0.4, -0.2) is 73.3 Å². The first-order valence-corrected chi connectivity index (χ1v) is 14.4. The monoisotopic (exact) mass is 530 g/mol. The average molecular weight is 531 g/mol. The van der Waals surface area contributed by atoms with Gasteiger partial charge in [-0.15, -0.1) is 0 Å². The molecule has 2 atom stereocenters. The van der Waals surface area contributed by atoms with Gasteiger partial charge in [0.2, 0.25) is 17.7 Å². The number of amides is 3. The lowest BCUT2D eigenvalue weighted by Gasteiger charge is -2.28. The van der Waals surface area contributed by atoms with E-state index in [1.807, 2.05) is 30.3 Å². The lowest BCUT2D eigenvalue weighted by Crippen LogP contribution is -2.50. The Kier molecular flexibility index (Phi) is 13.6. The van der Waals surface area contributed by atoms with E-state index >= 15 is 0 Å². The van der Waals surface area contributed by atoms with Crippen LogP contribution in [-0.2, 0) is 25.5 Å². The molecule has 9 nitrogen and oxygen atoms in total. The van der Waals surface area contributed by atoms with Crippen molar-refractivity contribution in [2.75, 3.05) is 39.4 Å². The molecule has 1 aromatic rings. The Morgan fingerprint density at radius 1 is 1.00 bits per heavy atom. The first-order chi connectivity index (χ1) is 18.5. The smallest absolute Gasteiger partial charge is 0.244 e. The maximum atomic E-state index is 13.4. The predicted molar refractivity (Wildman–Crippen MR) is 145 cm³/mol.